The minimum atomic E-state index is -0.253. The van der Waals surface area contributed by atoms with Gasteiger partial charge in [-0.05, 0) is 20.3 Å². The summed E-state index contributed by atoms with van der Waals surface area (Å²) >= 11 is 0. The first-order valence-corrected chi connectivity index (χ1v) is 7.51. The maximum atomic E-state index is 5.13. The fraction of sp³-hybridized carbons (Fsp3) is 1.00. The van der Waals surface area contributed by atoms with Crippen LogP contribution in [0.15, 0.2) is 0 Å². The highest BCUT2D eigenvalue weighted by Crippen LogP contribution is 2.20. The van der Waals surface area contributed by atoms with E-state index in [-0.39, 0.29) is 5.60 Å². The van der Waals surface area contributed by atoms with Crippen molar-refractivity contribution in [2.24, 2.45) is 0 Å². The normalized spacial score (nSPS) is 12.0. The minimum absolute atomic E-state index is 0.253. The molecule has 0 N–H and O–H groups in total. The Morgan fingerprint density at radius 1 is 0.778 bits per heavy atom. The smallest absolute Gasteiger partial charge is 0.101 e. The van der Waals surface area contributed by atoms with Crippen LogP contribution in [0.4, 0.5) is 0 Å². The van der Waals surface area contributed by atoms with Crippen molar-refractivity contribution in [3.8, 4) is 0 Å². The SMILES string of the molecule is CCCCCCCCCCCC(C)(C)OOOC. The molecule has 3 nitrogen and oxygen atoms in total. The molecular weight excluding hydrogens is 228 g/mol. The molecule has 0 bridgehead atoms. The van der Waals surface area contributed by atoms with Crippen molar-refractivity contribution in [2.75, 3.05) is 7.11 Å². The van der Waals surface area contributed by atoms with E-state index in [1.165, 1.54) is 64.9 Å². The topological polar surface area (TPSA) is 27.7 Å². The highest BCUT2D eigenvalue weighted by Gasteiger charge is 2.19. The Balaban J connectivity index is 3.23. The van der Waals surface area contributed by atoms with Crippen LogP contribution >= 0.6 is 0 Å². The Kier molecular flexibility index (Phi) is 11.9. The lowest BCUT2D eigenvalue weighted by molar-refractivity contribution is -0.532. The van der Waals surface area contributed by atoms with Crippen molar-refractivity contribution in [3.05, 3.63) is 0 Å². The van der Waals surface area contributed by atoms with E-state index in [9.17, 15) is 0 Å². The third-order valence-corrected chi connectivity index (χ3v) is 3.21. The van der Waals surface area contributed by atoms with Gasteiger partial charge in [-0.2, -0.15) is 0 Å². The highest BCUT2D eigenvalue weighted by atomic mass is 17.5. The predicted octanol–water partition coefficient (Wildman–Crippen LogP) is 5.20. The molecule has 0 unspecified atom stereocenters. The number of hydrogen-bond donors (Lipinski definition) is 0. The standard InChI is InChI=1S/C15H32O3/c1-5-6-7-8-9-10-11-12-13-14-15(2,3)17-18-16-4/h5-14H2,1-4H3. The van der Waals surface area contributed by atoms with Crippen molar-refractivity contribution in [1.82, 2.24) is 0 Å². The third-order valence-electron chi connectivity index (χ3n) is 3.21. The summed E-state index contributed by atoms with van der Waals surface area (Å²) in [5.41, 5.74) is -0.253. The molecule has 0 atom stereocenters. The molecule has 0 rings (SSSR count). The van der Waals surface area contributed by atoms with Gasteiger partial charge in [-0.1, -0.05) is 69.7 Å². The van der Waals surface area contributed by atoms with Gasteiger partial charge in [0.1, 0.15) is 5.60 Å². The largest absolute Gasteiger partial charge is 0.210 e. The van der Waals surface area contributed by atoms with Crippen LogP contribution in [-0.4, -0.2) is 12.7 Å². The van der Waals surface area contributed by atoms with Gasteiger partial charge in [-0.25, -0.2) is 9.78 Å². The second-order valence-corrected chi connectivity index (χ2v) is 5.66. The third kappa shape index (κ3) is 12.3. The lowest BCUT2D eigenvalue weighted by atomic mass is 9.99. The van der Waals surface area contributed by atoms with E-state index in [1.807, 2.05) is 13.8 Å². The first kappa shape index (κ1) is 17.9. The minimum Gasteiger partial charge on any atom is -0.210 e. The van der Waals surface area contributed by atoms with Crippen molar-refractivity contribution < 1.29 is 14.8 Å². The van der Waals surface area contributed by atoms with E-state index in [0.29, 0.717) is 0 Å². The van der Waals surface area contributed by atoms with Gasteiger partial charge in [-0.3, -0.25) is 0 Å². The maximum absolute atomic E-state index is 5.13. The summed E-state index contributed by atoms with van der Waals surface area (Å²) in [5.74, 6) is 0. The highest BCUT2D eigenvalue weighted by molar-refractivity contribution is 4.66. The number of rotatable bonds is 13. The average molecular weight is 260 g/mol. The Hall–Kier alpha value is -0.120. The van der Waals surface area contributed by atoms with Crippen LogP contribution in [0.3, 0.4) is 0 Å². The summed E-state index contributed by atoms with van der Waals surface area (Å²) in [6.07, 6.45) is 13.1. The zero-order valence-corrected chi connectivity index (χ0v) is 12.8. The van der Waals surface area contributed by atoms with E-state index in [1.54, 1.807) is 0 Å². The molecule has 0 aromatic heterocycles. The van der Waals surface area contributed by atoms with Crippen molar-refractivity contribution in [1.29, 1.82) is 0 Å². The molecule has 0 heterocycles. The Morgan fingerprint density at radius 2 is 1.28 bits per heavy atom. The predicted molar refractivity (Wildman–Crippen MR) is 75.1 cm³/mol. The van der Waals surface area contributed by atoms with Crippen LogP contribution in [0.2, 0.25) is 0 Å². The molecule has 0 saturated carbocycles. The van der Waals surface area contributed by atoms with Crippen LogP contribution in [0.1, 0.15) is 85.0 Å². The van der Waals surface area contributed by atoms with Crippen LogP contribution in [0, 0.1) is 0 Å². The molecule has 0 amide bonds. The second-order valence-electron chi connectivity index (χ2n) is 5.66. The van der Waals surface area contributed by atoms with Gasteiger partial charge >= 0.3 is 0 Å². The maximum Gasteiger partial charge on any atom is 0.101 e. The molecular formula is C15H32O3. The van der Waals surface area contributed by atoms with Gasteiger partial charge in [0.15, 0.2) is 0 Å². The molecule has 0 spiro atoms. The molecule has 0 fully saturated rings. The molecule has 3 heteroatoms. The monoisotopic (exact) mass is 260 g/mol. The van der Waals surface area contributed by atoms with Crippen LogP contribution < -0.4 is 0 Å². The lowest BCUT2D eigenvalue weighted by Gasteiger charge is -2.21. The van der Waals surface area contributed by atoms with Gasteiger partial charge in [0.2, 0.25) is 0 Å². The molecule has 0 aromatic rings. The second kappa shape index (κ2) is 11.9. The summed E-state index contributed by atoms with van der Waals surface area (Å²) in [7, 11) is 1.45. The number of hydrogen-bond acceptors (Lipinski definition) is 3. The van der Waals surface area contributed by atoms with E-state index >= 15 is 0 Å². The Bertz CT molecular complexity index is 169. The lowest BCUT2D eigenvalue weighted by Crippen LogP contribution is -2.24. The van der Waals surface area contributed by atoms with Crippen LogP contribution in [0.25, 0.3) is 0 Å². The van der Waals surface area contributed by atoms with Gasteiger partial charge in [0.05, 0.1) is 7.11 Å². The Morgan fingerprint density at radius 3 is 1.78 bits per heavy atom. The zero-order valence-electron chi connectivity index (χ0n) is 12.8. The fourth-order valence-electron chi connectivity index (χ4n) is 2.03. The first-order chi connectivity index (χ1) is 8.62. The van der Waals surface area contributed by atoms with Crippen molar-refractivity contribution in [2.45, 2.75) is 90.6 Å². The van der Waals surface area contributed by atoms with Crippen molar-refractivity contribution in [3.63, 3.8) is 0 Å². The molecule has 0 aliphatic rings. The molecule has 0 aliphatic carbocycles. The van der Waals surface area contributed by atoms with E-state index in [0.717, 1.165) is 6.42 Å². The Labute approximate surface area is 113 Å². The zero-order chi connectivity index (χ0) is 13.7. The molecule has 0 radical (unpaired) electrons. The quantitative estimate of drug-likeness (QED) is 0.259. The number of unbranched alkanes of at least 4 members (excludes halogenated alkanes) is 8. The summed E-state index contributed by atoms with van der Waals surface area (Å²) in [4.78, 5) is 9.58. The fourth-order valence-corrected chi connectivity index (χ4v) is 2.03. The summed E-state index contributed by atoms with van der Waals surface area (Å²) in [6, 6.07) is 0. The van der Waals surface area contributed by atoms with Gasteiger partial charge < -0.3 is 0 Å². The van der Waals surface area contributed by atoms with Gasteiger partial charge in [-0.15, -0.1) is 0 Å². The van der Waals surface area contributed by atoms with Crippen LogP contribution in [0.5, 0.6) is 0 Å². The molecule has 110 valence electrons. The van der Waals surface area contributed by atoms with Gasteiger partial charge in [0.25, 0.3) is 0 Å². The van der Waals surface area contributed by atoms with Crippen LogP contribution in [-0.2, 0) is 14.8 Å². The van der Waals surface area contributed by atoms with Gasteiger partial charge in [0, 0.05) is 0 Å². The van der Waals surface area contributed by atoms with E-state index in [2.05, 4.69) is 16.8 Å². The average Bonchev–Trinajstić information content (AvgIpc) is 2.34. The molecule has 0 aliphatic heterocycles. The van der Waals surface area contributed by atoms with E-state index in [4.69, 9.17) is 4.89 Å². The summed E-state index contributed by atoms with van der Waals surface area (Å²) in [6.45, 7) is 6.31. The summed E-state index contributed by atoms with van der Waals surface area (Å²) < 4.78 is 0. The molecule has 18 heavy (non-hydrogen) atoms. The van der Waals surface area contributed by atoms with Crippen molar-refractivity contribution >= 4 is 0 Å². The van der Waals surface area contributed by atoms with E-state index < -0.39 is 0 Å². The molecule has 0 saturated heterocycles. The summed E-state index contributed by atoms with van der Waals surface area (Å²) in [5, 5.41) is 4.53. The molecule has 0 aromatic carbocycles. The first-order valence-electron chi connectivity index (χ1n) is 7.51.